The number of aromatic nitrogens is 9. The van der Waals surface area contributed by atoms with Gasteiger partial charge in [-0.2, -0.15) is 29.9 Å². The Morgan fingerprint density at radius 1 is 0.592 bits per heavy atom. The first kappa shape index (κ1) is 77.7. The standard InChI is InChI=1S/C20H20ClN5O2.C20H20N6O2.C17H18N6O2.C5H9NO.2C5H12O.C3H6/c1-12-11-28-9-8-26(12)18-15-6-7-16(23-17(15)24-20(21)25-18)13-4-3-5-14(10-13)19(27)22-2;1-22-19(27)12-4-2-3-11(9-12)14-6-5-13-17(21)24-20(25-18(13)23-14)26-7-8-28-16-10-15(16)26;1-19-16(25)11-4-2-3-10(9-11)13-6-5-12-14(18)22-17(20-7-8-24)23-15(12)21-13;1-2-7-5-3-4(5)6-1;2*1-3-5-6-4-2;1-2-3-1/h3-7,10,12H,8-9,11H2,1-2H3,(H,22,27);2-6,9,15-16H,7-8,10H2,1H3,(H,22,27)(H2,21,23,24,25);2-6,9,24H,7-8H2,1H3,(H,19,25)(H3,18,20,21,22,23);4-6H,1-3H2;2*3-5H2,1-2H3;1-3H2/t12-;15-,16+;;;;;/m01...../s1. The van der Waals surface area contributed by atoms with E-state index in [-0.39, 0.29) is 41.8 Å². The molecule has 2 unspecified atom stereocenters. The zero-order valence-corrected chi connectivity index (χ0v) is 60.8. The number of pyridine rings is 3. The van der Waals surface area contributed by atoms with Gasteiger partial charge in [-0.05, 0) is 131 Å². The Morgan fingerprint density at radius 2 is 1.10 bits per heavy atom. The highest BCUT2D eigenvalue weighted by molar-refractivity contribution is 6.28. The minimum absolute atomic E-state index is 0.0406. The summed E-state index contributed by atoms with van der Waals surface area (Å²) < 4.78 is 26.4. The fraction of sp³-hybridized carbons (Fsp3) is 0.440. The molecule has 3 saturated heterocycles. The molecule has 5 atom stereocenters. The van der Waals surface area contributed by atoms with E-state index in [1.54, 1.807) is 63.6 Å². The third-order valence-corrected chi connectivity index (χ3v) is 16.9. The number of nitrogen functional groups attached to an aromatic ring is 2. The van der Waals surface area contributed by atoms with Crippen molar-refractivity contribution in [1.82, 2.24) is 66.1 Å². The van der Waals surface area contributed by atoms with Crippen molar-refractivity contribution in [3.05, 3.63) is 131 Å². The van der Waals surface area contributed by atoms with Gasteiger partial charge in [0.2, 0.25) is 17.2 Å². The highest BCUT2D eigenvalue weighted by Crippen LogP contribution is 2.38. The summed E-state index contributed by atoms with van der Waals surface area (Å²) in [5.74, 6) is 1.96. The molecule has 6 aliphatic rings. The lowest BCUT2D eigenvalue weighted by Gasteiger charge is -2.34. The number of ether oxygens (including phenoxy) is 5. The van der Waals surface area contributed by atoms with Gasteiger partial charge in [-0.15, -0.1) is 0 Å². The quantitative estimate of drug-likeness (QED) is 0.0311. The molecule has 103 heavy (non-hydrogen) atoms. The van der Waals surface area contributed by atoms with E-state index in [0.717, 1.165) is 117 Å². The highest BCUT2D eigenvalue weighted by atomic mass is 35.5. The fourth-order valence-electron chi connectivity index (χ4n) is 11.0. The lowest BCUT2D eigenvalue weighted by Crippen LogP contribution is -2.44. The first-order chi connectivity index (χ1) is 50.1. The van der Waals surface area contributed by atoms with Crippen LogP contribution in [0.4, 0.5) is 29.4 Å². The number of hydrogen-bond donors (Lipinski definition) is 8. The van der Waals surface area contributed by atoms with Crippen LogP contribution in [0.1, 0.15) is 111 Å². The van der Waals surface area contributed by atoms with Crippen LogP contribution in [0.3, 0.4) is 0 Å². The number of rotatable bonds is 17. The molecular weight excluding hydrogens is 1330 g/mol. The third kappa shape index (κ3) is 22.3. The number of aliphatic hydroxyl groups excluding tert-OH is 1. The van der Waals surface area contributed by atoms with Crippen molar-refractivity contribution < 1.29 is 43.2 Å². The molecule has 6 aromatic heterocycles. The Kier molecular flexibility index (Phi) is 29.6. The van der Waals surface area contributed by atoms with E-state index in [1.807, 2.05) is 80.6 Å². The maximum atomic E-state index is 11.9. The van der Waals surface area contributed by atoms with Gasteiger partial charge in [-0.3, -0.25) is 14.4 Å². The molecule has 0 radical (unpaired) electrons. The zero-order valence-electron chi connectivity index (χ0n) is 60.1. The molecule has 3 aliphatic heterocycles. The number of morpholine rings is 3. The van der Waals surface area contributed by atoms with Crippen LogP contribution in [0, 0.1) is 0 Å². The Balaban J connectivity index is 0.000000156. The highest BCUT2D eigenvalue weighted by Gasteiger charge is 2.47. The van der Waals surface area contributed by atoms with E-state index in [0.29, 0.717) is 112 Å². The second-order valence-corrected chi connectivity index (χ2v) is 25.0. The van der Waals surface area contributed by atoms with E-state index in [1.165, 1.54) is 25.7 Å². The van der Waals surface area contributed by atoms with Crippen LogP contribution in [-0.2, 0) is 23.7 Å². The van der Waals surface area contributed by atoms with Crippen molar-refractivity contribution in [3.63, 3.8) is 0 Å². The number of nitrogens with two attached hydrogens (primary N) is 2. The van der Waals surface area contributed by atoms with E-state index >= 15 is 0 Å². The number of carbonyl (C=O) groups is 3. The van der Waals surface area contributed by atoms with Crippen molar-refractivity contribution in [2.24, 2.45) is 0 Å². The summed E-state index contributed by atoms with van der Waals surface area (Å²) in [5.41, 5.74) is 20.0. The topological polar surface area (TPSA) is 352 Å². The van der Waals surface area contributed by atoms with Crippen LogP contribution in [0.25, 0.3) is 66.9 Å². The number of nitrogens with one attached hydrogen (secondary N) is 5. The number of amides is 3. The summed E-state index contributed by atoms with van der Waals surface area (Å²) in [4.78, 5) is 80.3. The molecule has 28 heteroatoms. The van der Waals surface area contributed by atoms with E-state index in [9.17, 15) is 14.4 Å². The molecule has 3 saturated carbocycles. The monoisotopic (exact) mass is 1430 g/mol. The lowest BCUT2D eigenvalue weighted by atomic mass is 10.1. The zero-order chi connectivity index (χ0) is 73.2. The molecule has 548 valence electrons. The van der Waals surface area contributed by atoms with Gasteiger partial charge in [0, 0.05) is 113 Å². The predicted octanol–water partition coefficient (Wildman–Crippen LogP) is 9.36. The summed E-state index contributed by atoms with van der Waals surface area (Å²) in [5, 5.41) is 25.3. The van der Waals surface area contributed by atoms with Crippen LogP contribution in [0.2, 0.25) is 5.28 Å². The summed E-state index contributed by atoms with van der Waals surface area (Å²) in [6.45, 7) is 19.6. The Labute approximate surface area is 606 Å². The lowest BCUT2D eigenvalue weighted by molar-refractivity contribution is 0.0922. The maximum absolute atomic E-state index is 11.9. The largest absolute Gasteiger partial charge is 0.395 e. The maximum Gasteiger partial charge on any atom is 0.251 e. The van der Waals surface area contributed by atoms with Gasteiger partial charge in [-0.1, -0.05) is 69.5 Å². The number of benzene rings is 3. The molecule has 0 bridgehead atoms. The number of nitrogens with zero attached hydrogens (tertiary/aromatic N) is 11. The number of carbonyl (C=O) groups excluding carboxylic acids is 3. The molecule has 27 nitrogen and oxygen atoms in total. The van der Waals surface area contributed by atoms with Crippen molar-refractivity contribution in [2.75, 3.05) is 133 Å². The SMILES string of the molecule is C1CC1.C1COC2CC2N1.CCCOCC.CCCOCC.CNC(=O)c1cccc(-c2ccc3c(N)nc(N4CCO[C@H]5C[C@H]54)nc3n2)c1.CNC(=O)c1cccc(-c2ccc3c(N)nc(NCCO)nc3n2)c1.CNC(=O)c1cccc(-c2ccc3c(N4CCOC[C@@H]4C)nc(Cl)nc3n2)c1. The van der Waals surface area contributed by atoms with E-state index < -0.39 is 0 Å². The molecule has 9 heterocycles. The van der Waals surface area contributed by atoms with Crippen molar-refractivity contribution in [3.8, 4) is 33.8 Å². The predicted molar refractivity (Wildman–Crippen MR) is 405 cm³/mol. The van der Waals surface area contributed by atoms with Crippen molar-refractivity contribution in [1.29, 1.82) is 0 Å². The van der Waals surface area contributed by atoms with Crippen LogP contribution < -0.4 is 47.9 Å². The van der Waals surface area contributed by atoms with Crippen LogP contribution >= 0.6 is 11.6 Å². The number of halogens is 1. The average molecular weight is 1430 g/mol. The first-order valence-electron chi connectivity index (χ1n) is 35.4. The Hall–Kier alpha value is -9.45. The van der Waals surface area contributed by atoms with Gasteiger partial charge in [0.15, 0.2) is 16.9 Å². The van der Waals surface area contributed by atoms with Crippen molar-refractivity contribution >= 4 is 91.8 Å². The smallest absolute Gasteiger partial charge is 0.251 e. The van der Waals surface area contributed by atoms with Gasteiger partial charge < -0.3 is 76.6 Å². The fourth-order valence-corrected chi connectivity index (χ4v) is 11.2. The van der Waals surface area contributed by atoms with Gasteiger partial charge >= 0.3 is 0 Å². The summed E-state index contributed by atoms with van der Waals surface area (Å²) in [6, 6.07) is 34.3. The second-order valence-electron chi connectivity index (χ2n) is 24.7. The number of fused-ring (bicyclic) bond motifs is 5. The van der Waals surface area contributed by atoms with Gasteiger partial charge in [0.25, 0.3) is 17.7 Å². The molecule has 15 rings (SSSR count). The van der Waals surface area contributed by atoms with Gasteiger partial charge in [-0.25, -0.2) is 15.0 Å². The minimum Gasteiger partial charge on any atom is -0.395 e. The number of hydrogen-bond acceptors (Lipinski definition) is 24. The molecule has 3 aliphatic carbocycles. The average Bonchev–Trinajstić information content (AvgIpc) is 1.56. The van der Waals surface area contributed by atoms with Crippen LogP contribution in [0.15, 0.2) is 109 Å². The summed E-state index contributed by atoms with van der Waals surface area (Å²) >= 11 is 6.20. The molecule has 9 aromatic rings. The normalized spacial score (nSPS) is 17.8. The third-order valence-electron chi connectivity index (χ3n) is 16.7. The van der Waals surface area contributed by atoms with Crippen LogP contribution in [0.5, 0.6) is 0 Å². The Bertz CT molecular complexity index is 4180. The number of aliphatic hydroxyl groups is 1. The second kappa shape index (κ2) is 39.3. The first-order valence-corrected chi connectivity index (χ1v) is 35.8. The molecule has 6 fully saturated rings. The van der Waals surface area contributed by atoms with Gasteiger partial charge in [0.1, 0.15) is 17.5 Å². The summed E-state index contributed by atoms with van der Waals surface area (Å²) in [7, 11) is 4.81. The van der Waals surface area contributed by atoms with Crippen molar-refractivity contribution in [2.45, 2.75) is 110 Å². The molecule has 3 amide bonds. The number of anilines is 5. The van der Waals surface area contributed by atoms with E-state index in [2.05, 4.69) is 97.0 Å². The van der Waals surface area contributed by atoms with Crippen LogP contribution in [-0.4, -0.2) is 205 Å². The van der Waals surface area contributed by atoms with E-state index in [4.69, 9.17) is 56.8 Å². The molecular formula is C75H97ClN18O9. The van der Waals surface area contributed by atoms with Gasteiger partial charge in [0.05, 0.1) is 90.6 Å². The minimum atomic E-state index is -0.162. The summed E-state index contributed by atoms with van der Waals surface area (Å²) in [6.07, 6.45) is 9.89. The molecule has 10 N–H and O–H groups in total. The molecule has 0 spiro atoms. The Morgan fingerprint density at radius 3 is 1.56 bits per heavy atom. The molecule has 3 aromatic carbocycles.